The maximum atomic E-state index is 2.44. The Morgan fingerprint density at radius 2 is 2.38 bits per heavy atom. The van der Waals surface area contributed by atoms with Crippen LogP contribution < -0.4 is 21.2 Å². The minimum atomic E-state index is 0.583. The molecule has 2 heteroatoms. The molecule has 1 saturated heterocycles. The molecule has 0 aromatic carbocycles. The fourth-order valence-electron chi connectivity index (χ4n) is 0.949. The Labute approximate surface area is 61.7 Å². The van der Waals surface area contributed by atoms with Crippen LogP contribution in [0.2, 0.25) is 0 Å². The summed E-state index contributed by atoms with van der Waals surface area (Å²) in [4.78, 5) is 2.44. The molecule has 1 heterocycles. The molecule has 50 valence electrons. The predicted octanol–water partition coefficient (Wildman–Crippen LogP) is -2.59. The summed E-state index contributed by atoms with van der Waals surface area (Å²) in [5.41, 5.74) is 0. The van der Waals surface area contributed by atoms with Gasteiger partial charge in [-0.1, -0.05) is 0 Å². The van der Waals surface area contributed by atoms with E-state index in [4.69, 9.17) is 0 Å². The molecule has 8 heavy (non-hydrogen) atoms. The summed E-state index contributed by atoms with van der Waals surface area (Å²) in [7, 11) is 2.22. The van der Waals surface area contributed by atoms with Gasteiger partial charge in [-0.2, -0.15) is 0 Å². The summed E-state index contributed by atoms with van der Waals surface area (Å²) < 4.78 is 2.56. The summed E-state index contributed by atoms with van der Waals surface area (Å²) in [6.45, 7) is 5.09. The van der Waals surface area contributed by atoms with Crippen molar-refractivity contribution >= 4 is 0 Å². The molecule has 0 amide bonds. The predicted molar refractivity (Wildman–Crippen MR) is 31.8 cm³/mol. The van der Waals surface area contributed by atoms with Gasteiger partial charge in [0.05, 0.1) is 0 Å². The van der Waals surface area contributed by atoms with Gasteiger partial charge in [0.25, 0.3) is 0 Å². The summed E-state index contributed by atoms with van der Waals surface area (Å²) >= 11 is 0.583. The zero-order valence-electron chi connectivity index (χ0n) is 5.52. The van der Waals surface area contributed by atoms with Gasteiger partial charge in [0, 0.05) is 0 Å². The third-order valence-corrected chi connectivity index (χ3v) is 4.40. The summed E-state index contributed by atoms with van der Waals surface area (Å²) in [6.07, 6.45) is 0. The van der Waals surface area contributed by atoms with Crippen molar-refractivity contribution in [3.05, 3.63) is 0 Å². The average molecular weight is 226 g/mol. The van der Waals surface area contributed by atoms with Crippen LogP contribution in [0.15, 0.2) is 0 Å². The first kappa shape index (κ1) is 6.81. The first-order valence-corrected chi connectivity index (χ1v) is 5.82. The van der Waals surface area contributed by atoms with Crippen molar-refractivity contribution in [1.29, 1.82) is 0 Å². The molecule has 0 spiro atoms. The Balaban J connectivity index is 2.23. The number of nitrogens with zero attached hydrogens (tertiary/aromatic N) is 1. The number of alkyl halides is 2. The molecule has 0 aromatic rings. The molecule has 0 saturated carbocycles. The Bertz CT molecular complexity index is 66.9. The Hall–Kier alpha value is 0.690. The van der Waals surface area contributed by atoms with Crippen LogP contribution >= 0.6 is 0 Å². The van der Waals surface area contributed by atoms with E-state index < -0.39 is 0 Å². The molecule has 1 fully saturated rings. The first-order valence-electron chi connectivity index (χ1n) is 3.05. The molecular weight excluding hydrogens is 213 g/mol. The van der Waals surface area contributed by atoms with Crippen LogP contribution in [0.5, 0.6) is 0 Å². The molecule has 1 unspecified atom stereocenters. The molecule has 1 aliphatic rings. The number of hydrogen-bond acceptors (Lipinski definition) is 1. The van der Waals surface area contributed by atoms with E-state index in [1.807, 2.05) is 0 Å². The van der Waals surface area contributed by atoms with E-state index >= 15 is 0 Å². The monoisotopic (exact) mass is 226 g/mol. The van der Waals surface area contributed by atoms with Crippen molar-refractivity contribution in [2.45, 2.75) is 10.8 Å². The number of rotatable bonds is 0. The zero-order valence-corrected chi connectivity index (χ0v) is 7.68. The normalized spacial score (nSPS) is 34.0. The quantitative estimate of drug-likeness (QED) is 0.323. The Kier molecular flexibility index (Phi) is 2.56. The Morgan fingerprint density at radius 3 is 2.75 bits per heavy atom. The van der Waals surface area contributed by atoms with Crippen molar-refractivity contribution in [1.82, 2.24) is 4.90 Å². The molecular formula is C6H13IN-. The molecule has 0 bridgehead atoms. The van der Waals surface area contributed by atoms with Gasteiger partial charge in [-0.3, -0.25) is 0 Å². The van der Waals surface area contributed by atoms with Crippen molar-refractivity contribution < 1.29 is 21.2 Å². The minimum absolute atomic E-state index is 0.583. The van der Waals surface area contributed by atoms with E-state index in [-0.39, 0.29) is 0 Å². The van der Waals surface area contributed by atoms with Crippen molar-refractivity contribution in [3.8, 4) is 0 Å². The van der Waals surface area contributed by atoms with Crippen LogP contribution in [-0.2, 0) is 0 Å². The van der Waals surface area contributed by atoms with E-state index in [1.165, 1.54) is 17.5 Å². The van der Waals surface area contributed by atoms with Crippen LogP contribution in [0, 0.1) is 0 Å². The number of hydrogen-bond donors (Lipinski definition) is 0. The SMILES string of the molecule is CC1CN(C)CC[I-]1. The van der Waals surface area contributed by atoms with Gasteiger partial charge in [0.2, 0.25) is 0 Å². The van der Waals surface area contributed by atoms with Crippen LogP contribution in [0.1, 0.15) is 6.92 Å². The van der Waals surface area contributed by atoms with Gasteiger partial charge in [0.15, 0.2) is 0 Å². The topological polar surface area (TPSA) is 3.24 Å². The van der Waals surface area contributed by atoms with Gasteiger partial charge in [-0.25, -0.2) is 0 Å². The molecule has 1 nitrogen and oxygen atoms in total. The second-order valence-corrected chi connectivity index (χ2v) is 6.47. The molecule has 0 aromatic heterocycles. The van der Waals surface area contributed by atoms with Gasteiger partial charge >= 0.3 is 61.5 Å². The van der Waals surface area contributed by atoms with E-state index in [2.05, 4.69) is 18.9 Å². The fourth-order valence-corrected chi connectivity index (χ4v) is 4.07. The molecule has 0 radical (unpaired) electrons. The molecule has 0 aliphatic carbocycles. The zero-order chi connectivity index (χ0) is 5.98. The average Bonchev–Trinajstić information content (AvgIpc) is 1.64. The second-order valence-electron chi connectivity index (χ2n) is 2.39. The van der Waals surface area contributed by atoms with Gasteiger partial charge in [-0.05, 0) is 0 Å². The molecule has 0 N–H and O–H groups in total. The standard InChI is InChI=1S/C6H13IN/c1-6-5-8(2)4-3-7-6/h6H,3-5H2,1-2H3/q-1. The third kappa shape index (κ3) is 1.90. The molecule has 1 aliphatic heterocycles. The van der Waals surface area contributed by atoms with Crippen molar-refractivity contribution in [2.75, 3.05) is 24.6 Å². The van der Waals surface area contributed by atoms with Gasteiger partial charge in [0.1, 0.15) is 0 Å². The fraction of sp³-hybridized carbons (Fsp3) is 1.00. The van der Waals surface area contributed by atoms with Crippen LogP contribution in [0.3, 0.4) is 0 Å². The summed E-state index contributed by atoms with van der Waals surface area (Å²) in [5.74, 6) is 0. The van der Waals surface area contributed by atoms with Crippen LogP contribution in [-0.4, -0.2) is 33.4 Å². The van der Waals surface area contributed by atoms with E-state index in [1.54, 1.807) is 0 Å². The number of halogens is 1. The van der Waals surface area contributed by atoms with Crippen molar-refractivity contribution in [2.24, 2.45) is 0 Å². The molecule has 1 rings (SSSR count). The van der Waals surface area contributed by atoms with E-state index in [0.717, 1.165) is 3.92 Å². The van der Waals surface area contributed by atoms with Crippen LogP contribution in [0.4, 0.5) is 0 Å². The van der Waals surface area contributed by atoms with Crippen molar-refractivity contribution in [3.63, 3.8) is 0 Å². The van der Waals surface area contributed by atoms with Gasteiger partial charge in [-0.15, -0.1) is 0 Å². The van der Waals surface area contributed by atoms with E-state index in [9.17, 15) is 0 Å². The summed E-state index contributed by atoms with van der Waals surface area (Å²) in [5, 5.41) is 0. The second kappa shape index (κ2) is 3.01. The van der Waals surface area contributed by atoms with Crippen LogP contribution in [0.25, 0.3) is 0 Å². The van der Waals surface area contributed by atoms with E-state index in [0.29, 0.717) is 21.2 Å². The third-order valence-electron chi connectivity index (χ3n) is 1.40. The summed E-state index contributed by atoms with van der Waals surface area (Å²) in [6, 6.07) is 0. The first-order chi connectivity index (χ1) is 3.79. The molecule has 1 atom stereocenters. The maximum absolute atomic E-state index is 2.44. The van der Waals surface area contributed by atoms with Gasteiger partial charge < -0.3 is 0 Å². The Morgan fingerprint density at radius 1 is 1.62 bits per heavy atom.